The Balaban J connectivity index is 3.58. The van der Waals surface area contributed by atoms with Crippen molar-refractivity contribution in [2.24, 2.45) is 9.98 Å². The molecule has 0 fully saturated rings. The molecule has 0 aliphatic heterocycles. The van der Waals surface area contributed by atoms with Crippen LogP contribution in [0.1, 0.15) is 51.9 Å². The first kappa shape index (κ1) is 14.8. The van der Waals surface area contributed by atoms with E-state index in [1.807, 2.05) is 0 Å². The van der Waals surface area contributed by atoms with Gasteiger partial charge in [-0.15, -0.1) is 0 Å². The van der Waals surface area contributed by atoms with E-state index in [9.17, 15) is 9.59 Å². The van der Waals surface area contributed by atoms with Crippen molar-refractivity contribution in [3.05, 3.63) is 0 Å². The van der Waals surface area contributed by atoms with Crippen LogP contribution in [0.15, 0.2) is 9.98 Å². The monoisotopic (exact) mass is 224 g/mol. The number of isocyanates is 2. The van der Waals surface area contributed by atoms with Gasteiger partial charge in [0.15, 0.2) is 0 Å². The maximum Gasteiger partial charge on any atom is 0.235 e. The van der Waals surface area contributed by atoms with Crippen LogP contribution in [-0.2, 0) is 9.59 Å². The van der Waals surface area contributed by atoms with Gasteiger partial charge >= 0.3 is 0 Å². The number of aliphatic imine (C=N–C) groups is 2. The first-order valence-corrected chi connectivity index (χ1v) is 5.95. The van der Waals surface area contributed by atoms with E-state index < -0.39 is 0 Å². The van der Waals surface area contributed by atoms with Gasteiger partial charge in [0.25, 0.3) is 0 Å². The fraction of sp³-hybridized carbons (Fsp3) is 0.833. The Morgan fingerprint density at radius 1 is 1.00 bits per heavy atom. The summed E-state index contributed by atoms with van der Waals surface area (Å²) in [5.41, 5.74) is 0. The molecule has 0 aromatic rings. The van der Waals surface area contributed by atoms with Crippen molar-refractivity contribution >= 4 is 12.2 Å². The van der Waals surface area contributed by atoms with Gasteiger partial charge in [-0.25, -0.2) is 19.6 Å². The summed E-state index contributed by atoms with van der Waals surface area (Å²) in [5, 5.41) is 0. The van der Waals surface area contributed by atoms with Gasteiger partial charge in [-0.3, -0.25) is 0 Å². The molecular formula is C12H20N2O2. The van der Waals surface area contributed by atoms with E-state index in [0.717, 1.165) is 44.9 Å². The Kier molecular flexibility index (Phi) is 10.9. The highest BCUT2D eigenvalue weighted by Gasteiger charge is 2.05. The molecule has 0 bridgehead atoms. The Bertz CT molecular complexity index is 254. The lowest BCUT2D eigenvalue weighted by molar-refractivity contribution is 0.499. The van der Waals surface area contributed by atoms with Crippen molar-refractivity contribution in [1.29, 1.82) is 0 Å². The molecule has 0 aromatic carbocycles. The molecular weight excluding hydrogens is 204 g/mol. The van der Waals surface area contributed by atoms with Crippen LogP contribution in [0.3, 0.4) is 0 Å². The molecule has 0 heterocycles. The summed E-state index contributed by atoms with van der Waals surface area (Å²) in [6, 6.07) is 0.132. The van der Waals surface area contributed by atoms with Crippen molar-refractivity contribution in [3.63, 3.8) is 0 Å². The van der Waals surface area contributed by atoms with E-state index in [1.165, 1.54) is 6.08 Å². The van der Waals surface area contributed by atoms with Crippen molar-refractivity contribution in [1.82, 2.24) is 0 Å². The van der Waals surface area contributed by atoms with Crippen LogP contribution in [0, 0.1) is 0 Å². The SMILES string of the molecule is CCCCC(CCCCCN=C=O)N=C=O. The molecule has 0 aromatic heterocycles. The van der Waals surface area contributed by atoms with Crippen LogP contribution in [0.2, 0.25) is 0 Å². The quantitative estimate of drug-likeness (QED) is 0.325. The summed E-state index contributed by atoms with van der Waals surface area (Å²) < 4.78 is 0. The van der Waals surface area contributed by atoms with Crippen molar-refractivity contribution in [2.45, 2.75) is 57.9 Å². The second kappa shape index (κ2) is 11.8. The predicted molar refractivity (Wildman–Crippen MR) is 62.9 cm³/mol. The highest BCUT2D eigenvalue weighted by atomic mass is 16.1. The Hall–Kier alpha value is -1.24. The topological polar surface area (TPSA) is 58.9 Å². The summed E-state index contributed by atoms with van der Waals surface area (Å²) in [7, 11) is 0. The normalized spacial score (nSPS) is 11.3. The van der Waals surface area contributed by atoms with Crippen LogP contribution in [0.4, 0.5) is 0 Å². The van der Waals surface area contributed by atoms with E-state index in [1.54, 1.807) is 6.08 Å². The molecule has 0 saturated heterocycles. The Morgan fingerprint density at radius 2 is 1.75 bits per heavy atom. The number of unbranched alkanes of at least 4 members (excludes halogenated alkanes) is 3. The minimum Gasteiger partial charge on any atom is -0.211 e. The molecule has 16 heavy (non-hydrogen) atoms. The zero-order valence-corrected chi connectivity index (χ0v) is 9.95. The number of carbonyl (C=O) groups excluding carboxylic acids is 2. The van der Waals surface area contributed by atoms with Crippen LogP contribution >= 0.6 is 0 Å². The van der Waals surface area contributed by atoms with E-state index in [0.29, 0.717) is 6.54 Å². The smallest absolute Gasteiger partial charge is 0.211 e. The first-order valence-electron chi connectivity index (χ1n) is 5.95. The molecule has 0 N–H and O–H groups in total. The highest BCUT2D eigenvalue weighted by molar-refractivity contribution is 5.33. The average molecular weight is 224 g/mol. The van der Waals surface area contributed by atoms with Crippen molar-refractivity contribution in [3.8, 4) is 0 Å². The molecule has 0 aliphatic rings. The summed E-state index contributed by atoms with van der Waals surface area (Å²) in [6.45, 7) is 2.68. The third-order valence-corrected chi connectivity index (χ3v) is 2.50. The van der Waals surface area contributed by atoms with Gasteiger partial charge < -0.3 is 0 Å². The molecule has 0 aliphatic carbocycles. The van der Waals surface area contributed by atoms with E-state index >= 15 is 0 Å². The highest BCUT2D eigenvalue weighted by Crippen LogP contribution is 2.12. The van der Waals surface area contributed by atoms with Crippen LogP contribution in [0.5, 0.6) is 0 Å². The minimum absolute atomic E-state index is 0.132. The van der Waals surface area contributed by atoms with Gasteiger partial charge in [0.05, 0.1) is 12.6 Å². The van der Waals surface area contributed by atoms with Crippen LogP contribution < -0.4 is 0 Å². The second-order valence-corrected chi connectivity index (χ2v) is 3.84. The largest absolute Gasteiger partial charge is 0.235 e. The van der Waals surface area contributed by atoms with Gasteiger partial charge in [0, 0.05) is 0 Å². The lowest BCUT2D eigenvalue weighted by atomic mass is 10.0. The van der Waals surface area contributed by atoms with Gasteiger partial charge in [-0.1, -0.05) is 32.6 Å². The molecule has 0 rings (SSSR count). The second-order valence-electron chi connectivity index (χ2n) is 3.84. The average Bonchev–Trinajstić information content (AvgIpc) is 2.30. The van der Waals surface area contributed by atoms with Crippen molar-refractivity contribution in [2.75, 3.05) is 6.54 Å². The number of hydrogen-bond acceptors (Lipinski definition) is 4. The fourth-order valence-corrected chi connectivity index (χ4v) is 1.58. The van der Waals surface area contributed by atoms with Crippen LogP contribution in [-0.4, -0.2) is 24.7 Å². The fourth-order valence-electron chi connectivity index (χ4n) is 1.58. The molecule has 4 nitrogen and oxygen atoms in total. The maximum atomic E-state index is 10.2. The first-order chi connectivity index (χ1) is 7.85. The third kappa shape index (κ3) is 9.32. The Morgan fingerprint density at radius 3 is 2.38 bits per heavy atom. The zero-order chi connectivity index (χ0) is 12.1. The summed E-state index contributed by atoms with van der Waals surface area (Å²) in [5.74, 6) is 0. The van der Waals surface area contributed by atoms with E-state index in [4.69, 9.17) is 0 Å². The predicted octanol–water partition coefficient (Wildman–Crippen LogP) is 2.78. The van der Waals surface area contributed by atoms with Gasteiger partial charge in [-0.2, -0.15) is 0 Å². The van der Waals surface area contributed by atoms with Crippen molar-refractivity contribution < 1.29 is 9.59 Å². The minimum atomic E-state index is 0.132. The van der Waals surface area contributed by atoms with E-state index in [-0.39, 0.29) is 6.04 Å². The third-order valence-electron chi connectivity index (χ3n) is 2.50. The number of nitrogens with zero attached hydrogens (tertiary/aromatic N) is 2. The lowest BCUT2D eigenvalue weighted by Crippen LogP contribution is -2.04. The molecule has 0 amide bonds. The molecule has 1 unspecified atom stereocenters. The molecule has 1 atom stereocenters. The molecule has 4 heteroatoms. The maximum absolute atomic E-state index is 10.2. The number of rotatable bonds is 10. The van der Waals surface area contributed by atoms with Gasteiger partial charge in [0.2, 0.25) is 12.2 Å². The molecule has 0 saturated carbocycles. The molecule has 90 valence electrons. The summed E-state index contributed by atoms with van der Waals surface area (Å²) >= 11 is 0. The zero-order valence-electron chi connectivity index (χ0n) is 9.95. The van der Waals surface area contributed by atoms with E-state index in [2.05, 4.69) is 16.9 Å². The Labute approximate surface area is 96.9 Å². The lowest BCUT2D eigenvalue weighted by Gasteiger charge is -2.08. The summed E-state index contributed by atoms with van der Waals surface area (Å²) in [6.07, 6.45) is 10.2. The summed E-state index contributed by atoms with van der Waals surface area (Å²) in [4.78, 5) is 27.3. The van der Waals surface area contributed by atoms with Gasteiger partial charge in [0.1, 0.15) is 0 Å². The molecule has 0 radical (unpaired) electrons. The standard InChI is InChI=1S/C12H20N2O2/c1-2-3-7-12(14-11-16)8-5-4-6-9-13-10-15/h12H,2-9H2,1H3. The van der Waals surface area contributed by atoms with Crippen LogP contribution in [0.25, 0.3) is 0 Å². The molecule has 0 spiro atoms. The number of hydrogen-bond donors (Lipinski definition) is 0. The van der Waals surface area contributed by atoms with Gasteiger partial charge in [-0.05, 0) is 19.3 Å².